The number of hydrogen-bond donors (Lipinski definition) is 2. The lowest BCUT2D eigenvalue weighted by Gasteiger charge is -2.32. The van der Waals surface area contributed by atoms with Gasteiger partial charge >= 0.3 is 5.97 Å². The number of amides is 1. The van der Waals surface area contributed by atoms with E-state index >= 15 is 0 Å². The Morgan fingerprint density at radius 1 is 1.31 bits per heavy atom. The zero-order chi connectivity index (χ0) is 18.1. The molecule has 1 aliphatic heterocycles. The Bertz CT molecular complexity index is 584. The number of methoxy groups -OCH3 is 1. The number of hydrogen-bond acceptors (Lipinski definition) is 5. The molecule has 8 heteroatoms. The summed E-state index contributed by atoms with van der Waals surface area (Å²) in [6, 6.07) is 6.94. The molecule has 7 nitrogen and oxygen atoms in total. The summed E-state index contributed by atoms with van der Waals surface area (Å²) in [4.78, 5) is 25.2. The van der Waals surface area contributed by atoms with E-state index in [2.05, 4.69) is 5.32 Å². The number of likely N-dealkylation sites (tertiary alicyclic amines) is 1. The normalized spacial score (nSPS) is 17.2. The maximum atomic E-state index is 12.2. The van der Waals surface area contributed by atoms with Crippen LogP contribution in [0.2, 0.25) is 0 Å². The van der Waals surface area contributed by atoms with Crippen LogP contribution in [-0.4, -0.2) is 61.3 Å². The number of rotatable bonds is 9. The number of nitrogens with one attached hydrogen (secondary N) is 1. The van der Waals surface area contributed by atoms with E-state index in [0.717, 1.165) is 24.2 Å². The molecular formula is C18H27ClN2O5. The molecule has 0 spiro atoms. The molecular weight excluding hydrogens is 360 g/mol. The van der Waals surface area contributed by atoms with Crippen molar-refractivity contribution in [3.05, 3.63) is 29.8 Å². The summed E-state index contributed by atoms with van der Waals surface area (Å²) in [5.74, 6) is -0.293. The Hall–Kier alpha value is -1.83. The third kappa shape index (κ3) is 7.19. The summed E-state index contributed by atoms with van der Waals surface area (Å²) in [5, 5.41) is 12.1. The second-order valence-corrected chi connectivity index (χ2v) is 6.09. The molecule has 2 N–H and O–H groups in total. The number of ether oxygens (including phenoxy) is 2. The third-order valence-corrected chi connectivity index (χ3v) is 4.19. The van der Waals surface area contributed by atoms with Crippen LogP contribution >= 0.6 is 12.4 Å². The zero-order valence-electron chi connectivity index (χ0n) is 15.0. The van der Waals surface area contributed by atoms with E-state index < -0.39 is 12.0 Å². The molecule has 1 heterocycles. The van der Waals surface area contributed by atoms with Crippen LogP contribution in [0.25, 0.3) is 0 Å². The monoisotopic (exact) mass is 386 g/mol. The van der Waals surface area contributed by atoms with Crippen molar-refractivity contribution >= 4 is 24.3 Å². The quantitative estimate of drug-likeness (QED) is 0.628. The minimum Gasteiger partial charge on any atom is -0.491 e. The molecule has 1 fully saturated rings. The van der Waals surface area contributed by atoms with Crippen LogP contribution in [-0.2, 0) is 20.9 Å². The number of carboxylic acid groups (broad SMARTS) is 1. The predicted octanol–water partition coefficient (Wildman–Crippen LogP) is 1.69. The third-order valence-electron chi connectivity index (χ3n) is 4.19. The van der Waals surface area contributed by atoms with Crippen molar-refractivity contribution in [1.29, 1.82) is 0 Å². The second kappa shape index (κ2) is 11.7. The average molecular weight is 387 g/mol. The van der Waals surface area contributed by atoms with E-state index in [4.69, 9.17) is 9.47 Å². The highest BCUT2D eigenvalue weighted by atomic mass is 35.5. The van der Waals surface area contributed by atoms with Crippen molar-refractivity contribution in [2.24, 2.45) is 0 Å². The maximum Gasteiger partial charge on any atom is 0.320 e. The number of benzene rings is 1. The molecule has 0 aromatic heterocycles. The highest BCUT2D eigenvalue weighted by Gasteiger charge is 2.29. The highest BCUT2D eigenvalue weighted by Crippen LogP contribution is 2.17. The second-order valence-electron chi connectivity index (χ2n) is 6.09. The Morgan fingerprint density at radius 2 is 2.12 bits per heavy atom. The SMILES string of the molecule is COCCOc1cccc(CNC(=O)CN2CCCCC2C(=O)O)c1.Cl. The summed E-state index contributed by atoms with van der Waals surface area (Å²) in [5.41, 5.74) is 0.927. The van der Waals surface area contributed by atoms with Gasteiger partial charge in [-0.05, 0) is 37.1 Å². The number of aliphatic carboxylic acids is 1. The molecule has 1 saturated heterocycles. The minimum absolute atomic E-state index is 0. The Kier molecular flexibility index (Phi) is 10.0. The largest absolute Gasteiger partial charge is 0.491 e. The van der Waals surface area contributed by atoms with Gasteiger partial charge in [0.15, 0.2) is 0 Å². The number of halogens is 1. The first-order chi connectivity index (χ1) is 12.1. The van der Waals surface area contributed by atoms with Crippen LogP contribution in [0.5, 0.6) is 5.75 Å². The molecule has 1 aliphatic rings. The Labute approximate surface area is 160 Å². The lowest BCUT2D eigenvalue weighted by molar-refractivity contribution is -0.145. The highest BCUT2D eigenvalue weighted by molar-refractivity contribution is 5.85. The summed E-state index contributed by atoms with van der Waals surface area (Å²) >= 11 is 0. The van der Waals surface area contributed by atoms with Crippen LogP contribution in [0, 0.1) is 0 Å². The summed E-state index contributed by atoms with van der Waals surface area (Å²) in [6.07, 6.45) is 2.42. The molecule has 0 bridgehead atoms. The molecule has 26 heavy (non-hydrogen) atoms. The maximum absolute atomic E-state index is 12.2. The van der Waals surface area contributed by atoms with Crippen molar-refractivity contribution in [3.63, 3.8) is 0 Å². The molecule has 1 amide bonds. The fraction of sp³-hybridized carbons (Fsp3) is 0.556. The molecule has 1 unspecified atom stereocenters. The lowest BCUT2D eigenvalue weighted by atomic mass is 10.0. The Balaban J connectivity index is 0.00000338. The Morgan fingerprint density at radius 3 is 2.85 bits per heavy atom. The van der Waals surface area contributed by atoms with Crippen LogP contribution in [0.15, 0.2) is 24.3 Å². The zero-order valence-corrected chi connectivity index (χ0v) is 15.8. The number of carbonyl (C=O) groups is 2. The number of carboxylic acids is 1. The van der Waals surface area contributed by atoms with Gasteiger partial charge in [0.2, 0.25) is 5.91 Å². The van der Waals surface area contributed by atoms with Gasteiger partial charge < -0.3 is 19.9 Å². The van der Waals surface area contributed by atoms with Gasteiger partial charge in [-0.25, -0.2) is 0 Å². The van der Waals surface area contributed by atoms with Crippen LogP contribution in [0.1, 0.15) is 24.8 Å². The summed E-state index contributed by atoms with van der Waals surface area (Å²) in [6.45, 7) is 2.12. The summed E-state index contributed by atoms with van der Waals surface area (Å²) < 4.78 is 10.5. The van der Waals surface area contributed by atoms with Crippen LogP contribution in [0.3, 0.4) is 0 Å². The van der Waals surface area contributed by atoms with Crippen molar-refractivity contribution in [2.45, 2.75) is 31.8 Å². The number of carbonyl (C=O) groups excluding carboxylic acids is 1. The standard InChI is InChI=1S/C18H26N2O5.ClH/c1-24-9-10-25-15-6-4-5-14(11-15)12-19-17(21)13-20-8-3-2-7-16(20)18(22)23;/h4-6,11,16H,2-3,7-10,12-13H2,1H3,(H,19,21)(H,22,23);1H. The van der Waals surface area contributed by atoms with Gasteiger partial charge in [-0.15, -0.1) is 12.4 Å². The number of nitrogens with zero attached hydrogens (tertiary/aromatic N) is 1. The van der Waals surface area contributed by atoms with Crippen LogP contribution < -0.4 is 10.1 Å². The van der Waals surface area contributed by atoms with Crippen molar-refractivity contribution in [2.75, 3.05) is 33.4 Å². The van der Waals surface area contributed by atoms with Gasteiger partial charge in [0.05, 0.1) is 13.2 Å². The average Bonchev–Trinajstić information content (AvgIpc) is 2.61. The molecule has 1 atom stereocenters. The van der Waals surface area contributed by atoms with Gasteiger partial charge in [-0.2, -0.15) is 0 Å². The smallest absolute Gasteiger partial charge is 0.320 e. The first-order valence-corrected chi connectivity index (χ1v) is 8.54. The van der Waals surface area contributed by atoms with Gasteiger partial charge in [0, 0.05) is 13.7 Å². The molecule has 1 aromatic carbocycles. The van der Waals surface area contributed by atoms with E-state index in [0.29, 0.717) is 32.7 Å². The van der Waals surface area contributed by atoms with E-state index in [-0.39, 0.29) is 24.9 Å². The van der Waals surface area contributed by atoms with E-state index in [1.54, 1.807) is 12.0 Å². The number of piperidine rings is 1. The van der Waals surface area contributed by atoms with E-state index in [9.17, 15) is 14.7 Å². The van der Waals surface area contributed by atoms with Gasteiger partial charge in [-0.1, -0.05) is 18.6 Å². The van der Waals surface area contributed by atoms with Gasteiger partial charge in [0.1, 0.15) is 18.4 Å². The first-order valence-electron chi connectivity index (χ1n) is 8.54. The van der Waals surface area contributed by atoms with E-state index in [1.807, 2.05) is 24.3 Å². The van der Waals surface area contributed by atoms with Gasteiger partial charge in [0.25, 0.3) is 0 Å². The molecule has 2 rings (SSSR count). The minimum atomic E-state index is -0.853. The van der Waals surface area contributed by atoms with Crippen LogP contribution in [0.4, 0.5) is 0 Å². The molecule has 1 aromatic rings. The fourth-order valence-electron chi connectivity index (χ4n) is 2.89. The predicted molar refractivity (Wildman–Crippen MR) is 99.8 cm³/mol. The lowest BCUT2D eigenvalue weighted by Crippen LogP contribution is -2.48. The summed E-state index contributed by atoms with van der Waals surface area (Å²) in [7, 11) is 1.62. The van der Waals surface area contributed by atoms with Gasteiger partial charge in [-0.3, -0.25) is 14.5 Å². The van der Waals surface area contributed by atoms with E-state index in [1.165, 1.54) is 0 Å². The van der Waals surface area contributed by atoms with Crippen molar-refractivity contribution < 1.29 is 24.2 Å². The fourth-order valence-corrected chi connectivity index (χ4v) is 2.89. The van der Waals surface area contributed by atoms with Crippen molar-refractivity contribution in [3.8, 4) is 5.75 Å². The molecule has 0 saturated carbocycles. The first kappa shape index (κ1) is 22.2. The molecule has 146 valence electrons. The molecule has 0 aliphatic carbocycles. The topological polar surface area (TPSA) is 88.1 Å². The molecule has 0 radical (unpaired) electrons. The van der Waals surface area contributed by atoms with Crippen molar-refractivity contribution in [1.82, 2.24) is 10.2 Å².